The second kappa shape index (κ2) is 11.0. The summed E-state index contributed by atoms with van der Waals surface area (Å²) in [5, 5.41) is 2.63. The molecule has 8 heteroatoms. The fourth-order valence-corrected chi connectivity index (χ4v) is 2.41. The molecular weight excluding hydrogens is 399 g/mol. The predicted octanol–water partition coefficient (Wildman–Crippen LogP) is 4.32. The standard InChI is InChI=1S/C22H22F3NO4/c1-3-28-19-11-10-16(14-20(19)29-4-2)21(27)26-12-5-6-13-30-18-9-7-8-17(15-18)22(23,24)25/h7-11,14-15H,3-4,12-13H2,1-2H3,(H,26,27). The molecule has 2 rings (SSSR count). The van der Waals surface area contributed by atoms with Crippen LogP contribution in [0.4, 0.5) is 13.2 Å². The molecule has 0 unspecified atom stereocenters. The van der Waals surface area contributed by atoms with Gasteiger partial charge in [-0.1, -0.05) is 17.9 Å². The molecule has 5 nitrogen and oxygen atoms in total. The highest BCUT2D eigenvalue weighted by atomic mass is 19.4. The van der Waals surface area contributed by atoms with Crippen molar-refractivity contribution in [2.75, 3.05) is 26.4 Å². The van der Waals surface area contributed by atoms with Crippen LogP contribution in [0.25, 0.3) is 0 Å². The van der Waals surface area contributed by atoms with Crippen molar-refractivity contribution in [3.8, 4) is 29.1 Å². The minimum absolute atomic E-state index is 0.0575. The van der Waals surface area contributed by atoms with Crippen molar-refractivity contribution in [3.05, 3.63) is 53.6 Å². The third-order valence-electron chi connectivity index (χ3n) is 3.74. The zero-order valence-electron chi connectivity index (χ0n) is 16.6. The number of rotatable bonds is 8. The summed E-state index contributed by atoms with van der Waals surface area (Å²) in [5.41, 5.74) is -0.397. The first-order valence-corrected chi connectivity index (χ1v) is 9.28. The van der Waals surface area contributed by atoms with Crippen LogP contribution >= 0.6 is 0 Å². The lowest BCUT2D eigenvalue weighted by molar-refractivity contribution is -0.137. The Morgan fingerprint density at radius 1 is 0.967 bits per heavy atom. The molecule has 0 radical (unpaired) electrons. The molecule has 0 spiro atoms. The van der Waals surface area contributed by atoms with Gasteiger partial charge in [0.1, 0.15) is 12.4 Å². The molecule has 0 aliphatic carbocycles. The second-order valence-electron chi connectivity index (χ2n) is 5.88. The third-order valence-corrected chi connectivity index (χ3v) is 3.74. The highest BCUT2D eigenvalue weighted by Gasteiger charge is 2.30. The lowest BCUT2D eigenvalue weighted by atomic mass is 10.2. The molecule has 30 heavy (non-hydrogen) atoms. The predicted molar refractivity (Wildman–Crippen MR) is 106 cm³/mol. The molecule has 0 saturated heterocycles. The Kier molecular flexibility index (Phi) is 8.41. The van der Waals surface area contributed by atoms with Gasteiger partial charge in [-0.15, -0.1) is 0 Å². The van der Waals surface area contributed by atoms with Crippen LogP contribution in [0.5, 0.6) is 17.2 Å². The Balaban J connectivity index is 1.86. The van der Waals surface area contributed by atoms with E-state index in [4.69, 9.17) is 14.2 Å². The van der Waals surface area contributed by atoms with Crippen LogP contribution in [0.2, 0.25) is 0 Å². The summed E-state index contributed by atoms with van der Waals surface area (Å²) in [6.07, 6.45) is -4.43. The van der Waals surface area contributed by atoms with Gasteiger partial charge in [0.05, 0.1) is 25.3 Å². The number of benzene rings is 2. The van der Waals surface area contributed by atoms with Crippen LogP contribution in [0.3, 0.4) is 0 Å². The van der Waals surface area contributed by atoms with Gasteiger partial charge in [-0.3, -0.25) is 4.79 Å². The van der Waals surface area contributed by atoms with Crippen molar-refractivity contribution in [2.24, 2.45) is 0 Å². The van der Waals surface area contributed by atoms with Gasteiger partial charge in [0.25, 0.3) is 5.91 Å². The van der Waals surface area contributed by atoms with E-state index >= 15 is 0 Å². The Labute approximate surface area is 173 Å². The third kappa shape index (κ3) is 6.92. The van der Waals surface area contributed by atoms with Gasteiger partial charge >= 0.3 is 6.18 Å². The van der Waals surface area contributed by atoms with Gasteiger partial charge < -0.3 is 19.5 Å². The maximum absolute atomic E-state index is 12.7. The smallest absolute Gasteiger partial charge is 0.416 e. The van der Waals surface area contributed by atoms with Gasteiger partial charge in [-0.25, -0.2) is 0 Å². The Bertz CT molecular complexity index is 917. The molecular formula is C22H22F3NO4. The van der Waals surface area contributed by atoms with Crippen molar-refractivity contribution in [3.63, 3.8) is 0 Å². The van der Waals surface area contributed by atoms with E-state index in [1.54, 1.807) is 18.2 Å². The number of halogens is 3. The average molecular weight is 421 g/mol. The normalized spacial score (nSPS) is 10.6. The molecule has 160 valence electrons. The van der Waals surface area contributed by atoms with Gasteiger partial charge in [-0.2, -0.15) is 13.2 Å². The van der Waals surface area contributed by atoms with E-state index < -0.39 is 11.7 Å². The molecule has 0 aliphatic rings. The fourth-order valence-electron chi connectivity index (χ4n) is 2.41. The molecule has 0 atom stereocenters. The fraction of sp³-hybridized carbons (Fsp3) is 0.318. The van der Waals surface area contributed by atoms with Crippen LogP contribution < -0.4 is 19.5 Å². The second-order valence-corrected chi connectivity index (χ2v) is 5.88. The first kappa shape index (κ1) is 22.9. The molecule has 0 aliphatic heterocycles. The van der Waals surface area contributed by atoms with Gasteiger partial charge in [0.2, 0.25) is 0 Å². The maximum Gasteiger partial charge on any atom is 0.416 e. The molecule has 0 fully saturated rings. The number of amides is 1. The highest BCUT2D eigenvalue weighted by Crippen LogP contribution is 2.31. The summed E-state index contributed by atoms with van der Waals surface area (Å²) in [5.74, 6) is 6.10. The number of carbonyl (C=O) groups excluding carboxylic acids is 1. The zero-order chi connectivity index (χ0) is 22.0. The van der Waals surface area contributed by atoms with Crippen molar-refractivity contribution < 1.29 is 32.2 Å². The quantitative estimate of drug-likeness (QED) is 0.646. The van der Waals surface area contributed by atoms with Crippen LogP contribution in [0, 0.1) is 11.8 Å². The van der Waals surface area contributed by atoms with E-state index in [0.29, 0.717) is 30.3 Å². The molecule has 0 aromatic heterocycles. The molecule has 1 amide bonds. The zero-order valence-corrected chi connectivity index (χ0v) is 16.6. The maximum atomic E-state index is 12.7. The summed E-state index contributed by atoms with van der Waals surface area (Å²) in [6.45, 7) is 4.55. The lowest BCUT2D eigenvalue weighted by Crippen LogP contribution is -2.23. The van der Waals surface area contributed by atoms with Crippen molar-refractivity contribution >= 4 is 5.91 Å². The summed E-state index contributed by atoms with van der Waals surface area (Å²) in [7, 11) is 0. The number of hydrogen-bond acceptors (Lipinski definition) is 4. The number of nitrogens with one attached hydrogen (secondary N) is 1. The summed E-state index contributed by atoms with van der Waals surface area (Å²) in [6, 6.07) is 9.43. The number of hydrogen-bond donors (Lipinski definition) is 1. The van der Waals surface area contributed by atoms with Gasteiger partial charge in [-0.05, 0) is 50.2 Å². The van der Waals surface area contributed by atoms with Gasteiger partial charge in [0, 0.05) is 5.56 Å². The largest absolute Gasteiger partial charge is 0.490 e. The lowest BCUT2D eigenvalue weighted by Gasteiger charge is -2.12. The van der Waals surface area contributed by atoms with E-state index in [1.807, 2.05) is 13.8 Å². The molecule has 0 bridgehead atoms. The number of ether oxygens (including phenoxy) is 3. The minimum Gasteiger partial charge on any atom is -0.490 e. The molecule has 2 aromatic rings. The van der Waals surface area contributed by atoms with Crippen molar-refractivity contribution in [2.45, 2.75) is 20.0 Å². The number of carbonyl (C=O) groups is 1. The van der Waals surface area contributed by atoms with Crippen molar-refractivity contribution in [1.29, 1.82) is 0 Å². The van der Waals surface area contributed by atoms with Crippen LogP contribution in [-0.2, 0) is 6.18 Å². The first-order chi connectivity index (χ1) is 14.3. The van der Waals surface area contributed by atoms with E-state index in [-0.39, 0.29) is 24.8 Å². The van der Waals surface area contributed by atoms with Crippen LogP contribution in [0.1, 0.15) is 29.8 Å². The van der Waals surface area contributed by atoms with E-state index in [2.05, 4.69) is 17.2 Å². The summed E-state index contributed by atoms with van der Waals surface area (Å²) >= 11 is 0. The SMILES string of the molecule is CCOc1ccc(C(=O)NCC#CCOc2cccc(C(F)(F)F)c2)cc1OCC. The van der Waals surface area contributed by atoms with E-state index in [0.717, 1.165) is 12.1 Å². The first-order valence-electron chi connectivity index (χ1n) is 9.28. The minimum atomic E-state index is -4.43. The topological polar surface area (TPSA) is 56.8 Å². The molecule has 0 heterocycles. The van der Waals surface area contributed by atoms with Crippen LogP contribution in [-0.4, -0.2) is 32.3 Å². The number of alkyl halides is 3. The summed E-state index contributed by atoms with van der Waals surface area (Å²) in [4.78, 5) is 12.2. The Hall–Kier alpha value is -3.34. The summed E-state index contributed by atoms with van der Waals surface area (Å²) < 4.78 is 54.1. The van der Waals surface area contributed by atoms with Gasteiger partial charge in [0.15, 0.2) is 11.5 Å². The monoisotopic (exact) mass is 421 g/mol. The van der Waals surface area contributed by atoms with Crippen LogP contribution in [0.15, 0.2) is 42.5 Å². The molecule has 0 saturated carbocycles. The van der Waals surface area contributed by atoms with E-state index in [9.17, 15) is 18.0 Å². The van der Waals surface area contributed by atoms with Crippen molar-refractivity contribution in [1.82, 2.24) is 5.32 Å². The Morgan fingerprint density at radius 3 is 2.40 bits per heavy atom. The Morgan fingerprint density at radius 2 is 1.70 bits per heavy atom. The average Bonchev–Trinajstić information content (AvgIpc) is 2.71. The molecule has 1 N–H and O–H groups in total. The highest BCUT2D eigenvalue weighted by molar-refractivity contribution is 5.95. The van der Waals surface area contributed by atoms with E-state index in [1.165, 1.54) is 12.1 Å². The molecule has 2 aromatic carbocycles.